The van der Waals surface area contributed by atoms with Gasteiger partial charge < -0.3 is 0 Å². The van der Waals surface area contributed by atoms with Crippen LogP contribution < -0.4 is 5.56 Å². The molecule has 0 spiro atoms. The van der Waals surface area contributed by atoms with Gasteiger partial charge in [0, 0.05) is 0 Å². The van der Waals surface area contributed by atoms with Crippen LogP contribution in [0.1, 0.15) is 11.1 Å². The SMILES string of the molecule is Cc1ccc(Cn2cnc(Cl)c(Br)c2=O)cc1. The van der Waals surface area contributed by atoms with Crippen molar-refractivity contribution in [2.24, 2.45) is 0 Å². The lowest BCUT2D eigenvalue weighted by Gasteiger charge is -2.06. The van der Waals surface area contributed by atoms with Gasteiger partial charge in [-0.1, -0.05) is 41.4 Å². The summed E-state index contributed by atoms with van der Waals surface area (Å²) in [5.74, 6) is 0. The highest BCUT2D eigenvalue weighted by molar-refractivity contribution is 9.10. The Labute approximate surface area is 112 Å². The van der Waals surface area contributed by atoms with Gasteiger partial charge in [0.2, 0.25) is 0 Å². The van der Waals surface area contributed by atoms with Gasteiger partial charge in [0.05, 0.1) is 12.9 Å². The molecule has 0 aliphatic rings. The normalized spacial score (nSPS) is 10.5. The van der Waals surface area contributed by atoms with E-state index in [4.69, 9.17) is 11.6 Å². The number of hydrogen-bond acceptors (Lipinski definition) is 2. The standard InChI is InChI=1S/C12H10BrClN2O/c1-8-2-4-9(5-3-8)6-16-7-15-11(14)10(13)12(16)17/h2-5,7H,6H2,1H3. The van der Waals surface area contributed by atoms with Gasteiger partial charge in [-0.05, 0) is 28.4 Å². The molecule has 0 atom stereocenters. The molecule has 2 rings (SSSR count). The van der Waals surface area contributed by atoms with Crippen LogP contribution >= 0.6 is 27.5 Å². The van der Waals surface area contributed by atoms with E-state index in [1.165, 1.54) is 16.5 Å². The Hall–Kier alpha value is -1.13. The molecule has 2 aromatic rings. The average molecular weight is 314 g/mol. The highest BCUT2D eigenvalue weighted by atomic mass is 79.9. The lowest BCUT2D eigenvalue weighted by molar-refractivity contribution is 0.731. The lowest BCUT2D eigenvalue weighted by Crippen LogP contribution is -2.21. The first kappa shape index (κ1) is 12.3. The van der Waals surface area contributed by atoms with Crippen molar-refractivity contribution < 1.29 is 0 Å². The van der Waals surface area contributed by atoms with Gasteiger partial charge >= 0.3 is 0 Å². The second kappa shape index (κ2) is 5.02. The van der Waals surface area contributed by atoms with Crippen LogP contribution in [0.3, 0.4) is 0 Å². The third-order valence-electron chi connectivity index (χ3n) is 2.41. The fourth-order valence-electron chi connectivity index (χ4n) is 1.45. The molecule has 1 heterocycles. The van der Waals surface area contributed by atoms with Crippen LogP contribution in [0.2, 0.25) is 5.15 Å². The topological polar surface area (TPSA) is 34.9 Å². The Bertz CT molecular complexity index is 592. The van der Waals surface area contributed by atoms with Gasteiger partial charge in [0.25, 0.3) is 5.56 Å². The Morgan fingerprint density at radius 2 is 2.00 bits per heavy atom. The maximum Gasteiger partial charge on any atom is 0.269 e. The molecule has 1 aromatic heterocycles. The fraction of sp³-hybridized carbons (Fsp3) is 0.167. The average Bonchev–Trinajstić information content (AvgIpc) is 2.33. The highest BCUT2D eigenvalue weighted by Crippen LogP contribution is 2.14. The quantitative estimate of drug-likeness (QED) is 0.799. The summed E-state index contributed by atoms with van der Waals surface area (Å²) in [6, 6.07) is 8.01. The van der Waals surface area contributed by atoms with Crippen molar-refractivity contribution in [3.05, 3.63) is 61.7 Å². The van der Waals surface area contributed by atoms with Gasteiger partial charge in [-0.2, -0.15) is 0 Å². The Morgan fingerprint density at radius 3 is 2.65 bits per heavy atom. The Kier molecular flexibility index (Phi) is 3.64. The first-order valence-electron chi connectivity index (χ1n) is 5.04. The molecule has 0 aliphatic carbocycles. The van der Waals surface area contributed by atoms with Crippen LogP contribution in [-0.4, -0.2) is 9.55 Å². The van der Waals surface area contributed by atoms with Crippen molar-refractivity contribution in [1.82, 2.24) is 9.55 Å². The van der Waals surface area contributed by atoms with Crippen molar-refractivity contribution in [2.75, 3.05) is 0 Å². The minimum Gasteiger partial charge on any atom is -0.294 e. The zero-order valence-electron chi connectivity index (χ0n) is 9.15. The molecule has 0 N–H and O–H groups in total. The zero-order chi connectivity index (χ0) is 12.4. The summed E-state index contributed by atoms with van der Waals surface area (Å²) in [5, 5.41) is 0.190. The molecular formula is C12H10BrClN2O. The largest absolute Gasteiger partial charge is 0.294 e. The van der Waals surface area contributed by atoms with Crippen molar-refractivity contribution in [3.8, 4) is 0 Å². The molecule has 0 saturated carbocycles. The summed E-state index contributed by atoms with van der Waals surface area (Å²) >= 11 is 8.87. The molecule has 0 amide bonds. The number of hydrogen-bond donors (Lipinski definition) is 0. The minimum atomic E-state index is -0.175. The zero-order valence-corrected chi connectivity index (χ0v) is 11.5. The Morgan fingerprint density at radius 1 is 1.35 bits per heavy atom. The predicted octanol–water partition coefficient (Wildman–Crippen LogP) is 3.02. The molecule has 0 saturated heterocycles. The van der Waals surface area contributed by atoms with E-state index in [0.29, 0.717) is 11.0 Å². The number of nitrogens with zero attached hydrogens (tertiary/aromatic N) is 2. The second-order valence-corrected chi connectivity index (χ2v) is 4.92. The molecular weight excluding hydrogens is 304 g/mol. The number of aromatic nitrogens is 2. The third-order valence-corrected chi connectivity index (χ3v) is 3.64. The summed E-state index contributed by atoms with van der Waals surface area (Å²) < 4.78 is 1.81. The molecule has 0 bridgehead atoms. The summed E-state index contributed by atoms with van der Waals surface area (Å²) in [6.45, 7) is 2.51. The maximum atomic E-state index is 11.9. The highest BCUT2D eigenvalue weighted by Gasteiger charge is 2.06. The lowest BCUT2D eigenvalue weighted by atomic mass is 10.1. The van der Waals surface area contributed by atoms with Crippen LogP contribution in [0.5, 0.6) is 0 Å². The van der Waals surface area contributed by atoms with Crippen molar-refractivity contribution in [3.63, 3.8) is 0 Å². The second-order valence-electron chi connectivity index (χ2n) is 3.77. The van der Waals surface area contributed by atoms with E-state index in [9.17, 15) is 4.79 Å². The maximum absolute atomic E-state index is 11.9. The molecule has 88 valence electrons. The van der Waals surface area contributed by atoms with Crippen LogP contribution in [-0.2, 0) is 6.54 Å². The van der Waals surface area contributed by atoms with Gasteiger partial charge in [0.1, 0.15) is 4.47 Å². The summed E-state index contributed by atoms with van der Waals surface area (Å²) in [6.07, 6.45) is 1.45. The molecule has 5 heteroatoms. The first-order valence-corrected chi connectivity index (χ1v) is 6.21. The first-order chi connectivity index (χ1) is 8.08. The van der Waals surface area contributed by atoms with E-state index in [1.54, 1.807) is 0 Å². The summed E-state index contributed by atoms with van der Waals surface area (Å²) in [5.41, 5.74) is 2.07. The number of halogens is 2. The Balaban J connectivity index is 2.34. The molecule has 0 radical (unpaired) electrons. The van der Waals surface area contributed by atoms with Crippen LogP contribution in [0.4, 0.5) is 0 Å². The third kappa shape index (κ3) is 2.76. The number of aryl methyl sites for hydroxylation is 1. The van der Waals surface area contributed by atoms with E-state index in [0.717, 1.165) is 5.56 Å². The molecule has 0 unspecified atom stereocenters. The smallest absolute Gasteiger partial charge is 0.269 e. The summed E-state index contributed by atoms with van der Waals surface area (Å²) in [4.78, 5) is 15.8. The minimum absolute atomic E-state index is 0.175. The van der Waals surface area contributed by atoms with Crippen molar-refractivity contribution in [1.29, 1.82) is 0 Å². The fourth-order valence-corrected chi connectivity index (χ4v) is 1.90. The van der Waals surface area contributed by atoms with E-state index in [-0.39, 0.29) is 10.7 Å². The van der Waals surface area contributed by atoms with E-state index < -0.39 is 0 Å². The molecule has 1 aromatic carbocycles. The molecule has 0 fully saturated rings. The molecule has 3 nitrogen and oxygen atoms in total. The summed E-state index contributed by atoms with van der Waals surface area (Å²) in [7, 11) is 0. The van der Waals surface area contributed by atoms with E-state index in [1.807, 2.05) is 31.2 Å². The van der Waals surface area contributed by atoms with Crippen LogP contribution in [0, 0.1) is 6.92 Å². The van der Waals surface area contributed by atoms with Crippen molar-refractivity contribution in [2.45, 2.75) is 13.5 Å². The molecule has 0 aliphatic heterocycles. The van der Waals surface area contributed by atoms with E-state index >= 15 is 0 Å². The predicted molar refractivity (Wildman–Crippen MR) is 71.5 cm³/mol. The van der Waals surface area contributed by atoms with Gasteiger partial charge in [0.15, 0.2) is 5.15 Å². The van der Waals surface area contributed by atoms with Gasteiger partial charge in [-0.3, -0.25) is 9.36 Å². The van der Waals surface area contributed by atoms with E-state index in [2.05, 4.69) is 20.9 Å². The van der Waals surface area contributed by atoms with Gasteiger partial charge in [-0.25, -0.2) is 4.98 Å². The monoisotopic (exact) mass is 312 g/mol. The number of benzene rings is 1. The van der Waals surface area contributed by atoms with Crippen LogP contribution in [0.25, 0.3) is 0 Å². The molecule has 17 heavy (non-hydrogen) atoms. The van der Waals surface area contributed by atoms with Crippen LogP contribution in [0.15, 0.2) is 39.9 Å². The van der Waals surface area contributed by atoms with Gasteiger partial charge in [-0.15, -0.1) is 0 Å². The van der Waals surface area contributed by atoms with Crippen molar-refractivity contribution >= 4 is 27.5 Å². The number of rotatable bonds is 2.